The Morgan fingerprint density at radius 1 is 1.22 bits per heavy atom. The van der Waals surface area contributed by atoms with Crippen molar-refractivity contribution in [3.8, 4) is 0 Å². The Kier molecular flexibility index (Phi) is 5.08. The largest absolute Gasteiger partial charge is 0.376 e. The molecule has 5 heteroatoms. The maximum atomic E-state index is 5.62. The Morgan fingerprint density at radius 3 is 2.74 bits per heavy atom. The molecular formula is C18H24N4O. The summed E-state index contributed by atoms with van der Waals surface area (Å²) in [4.78, 5) is 8.99. The normalized spacial score (nSPS) is 17.2. The Hall–Kier alpha value is -2.14. The van der Waals surface area contributed by atoms with Crippen LogP contribution in [0.1, 0.15) is 31.0 Å². The minimum Gasteiger partial charge on any atom is -0.376 e. The van der Waals surface area contributed by atoms with E-state index >= 15 is 0 Å². The minimum absolute atomic E-state index is 0.275. The highest BCUT2D eigenvalue weighted by molar-refractivity contribution is 5.57. The molecule has 0 aliphatic carbocycles. The van der Waals surface area contributed by atoms with Gasteiger partial charge in [-0.15, -0.1) is 0 Å². The average Bonchev–Trinajstić information content (AvgIpc) is 3.07. The number of anilines is 3. The first-order valence-electron chi connectivity index (χ1n) is 8.30. The van der Waals surface area contributed by atoms with Gasteiger partial charge in [-0.2, -0.15) is 4.98 Å². The van der Waals surface area contributed by atoms with Gasteiger partial charge in [0.15, 0.2) is 0 Å². The summed E-state index contributed by atoms with van der Waals surface area (Å²) in [6.45, 7) is 5.75. The summed E-state index contributed by atoms with van der Waals surface area (Å²) in [5.41, 5.74) is 3.29. The molecule has 5 nitrogen and oxygen atoms in total. The van der Waals surface area contributed by atoms with E-state index in [0.717, 1.165) is 49.6 Å². The van der Waals surface area contributed by atoms with E-state index in [1.807, 2.05) is 13.0 Å². The molecule has 2 aromatic rings. The lowest BCUT2D eigenvalue weighted by Crippen LogP contribution is -2.20. The smallest absolute Gasteiger partial charge is 0.224 e. The molecule has 122 valence electrons. The van der Waals surface area contributed by atoms with Gasteiger partial charge in [-0.1, -0.05) is 19.1 Å². The zero-order valence-corrected chi connectivity index (χ0v) is 13.8. The highest BCUT2D eigenvalue weighted by Gasteiger charge is 2.15. The second kappa shape index (κ2) is 7.42. The minimum atomic E-state index is 0.275. The number of rotatable bonds is 6. The lowest BCUT2D eigenvalue weighted by molar-refractivity contribution is 0.120. The van der Waals surface area contributed by atoms with Gasteiger partial charge in [0.05, 0.1) is 6.10 Å². The first-order chi connectivity index (χ1) is 11.2. The monoisotopic (exact) mass is 312 g/mol. The molecule has 0 saturated carbocycles. The summed E-state index contributed by atoms with van der Waals surface area (Å²) in [6.07, 6.45) is 3.57. The number of aryl methyl sites for hydroxylation is 2. The third-order valence-electron chi connectivity index (χ3n) is 4.00. The molecule has 1 atom stereocenters. The Labute approximate surface area is 137 Å². The molecule has 1 aliphatic rings. The summed E-state index contributed by atoms with van der Waals surface area (Å²) in [5.74, 6) is 1.45. The van der Waals surface area contributed by atoms with Crippen molar-refractivity contribution in [2.45, 2.75) is 39.2 Å². The highest BCUT2D eigenvalue weighted by Crippen LogP contribution is 2.18. The summed E-state index contributed by atoms with van der Waals surface area (Å²) in [5, 5.41) is 6.63. The van der Waals surface area contributed by atoms with E-state index in [0.29, 0.717) is 5.95 Å². The third kappa shape index (κ3) is 4.42. The average molecular weight is 312 g/mol. The van der Waals surface area contributed by atoms with Crippen molar-refractivity contribution in [2.75, 3.05) is 23.8 Å². The van der Waals surface area contributed by atoms with E-state index in [1.54, 1.807) is 0 Å². The number of hydrogen-bond donors (Lipinski definition) is 2. The van der Waals surface area contributed by atoms with Gasteiger partial charge in [0, 0.05) is 30.6 Å². The fourth-order valence-corrected chi connectivity index (χ4v) is 2.69. The molecule has 1 aromatic carbocycles. The second-order valence-electron chi connectivity index (χ2n) is 5.91. The Balaban J connectivity index is 1.66. The number of ether oxygens (including phenoxy) is 1. The predicted octanol–water partition coefficient (Wildman–Crippen LogP) is 3.68. The SMILES string of the molecule is CCc1ccc(Nc2cc(C)nc(NCC3CCCO3)n2)cc1. The molecule has 0 amide bonds. The molecule has 0 radical (unpaired) electrons. The third-order valence-corrected chi connectivity index (χ3v) is 4.00. The molecule has 2 N–H and O–H groups in total. The lowest BCUT2D eigenvalue weighted by Gasteiger charge is -2.13. The standard InChI is InChI=1S/C18H24N4O/c1-3-14-6-8-15(9-7-14)21-17-11-13(2)20-18(22-17)19-12-16-5-4-10-23-16/h6-9,11,16H,3-5,10,12H2,1-2H3,(H2,19,20,21,22). The molecule has 1 saturated heterocycles. The number of aromatic nitrogens is 2. The van der Waals surface area contributed by atoms with Gasteiger partial charge in [-0.25, -0.2) is 4.98 Å². The van der Waals surface area contributed by atoms with E-state index in [9.17, 15) is 0 Å². The van der Waals surface area contributed by atoms with Crippen LogP contribution < -0.4 is 10.6 Å². The van der Waals surface area contributed by atoms with Gasteiger partial charge in [0.2, 0.25) is 5.95 Å². The van der Waals surface area contributed by atoms with E-state index in [-0.39, 0.29) is 6.10 Å². The van der Waals surface area contributed by atoms with E-state index in [2.05, 4.69) is 51.8 Å². The zero-order chi connectivity index (χ0) is 16.1. The van der Waals surface area contributed by atoms with Crippen molar-refractivity contribution in [3.05, 3.63) is 41.6 Å². The van der Waals surface area contributed by atoms with Gasteiger partial charge in [-0.3, -0.25) is 0 Å². The summed E-state index contributed by atoms with van der Waals surface area (Å²) >= 11 is 0. The number of hydrogen-bond acceptors (Lipinski definition) is 5. The van der Waals surface area contributed by atoms with Crippen molar-refractivity contribution >= 4 is 17.5 Å². The number of benzene rings is 1. The topological polar surface area (TPSA) is 59.1 Å². The molecular weight excluding hydrogens is 288 g/mol. The van der Waals surface area contributed by atoms with Gasteiger partial charge >= 0.3 is 0 Å². The van der Waals surface area contributed by atoms with Gasteiger partial charge < -0.3 is 15.4 Å². The van der Waals surface area contributed by atoms with Crippen LogP contribution in [0, 0.1) is 6.92 Å². The molecule has 1 aromatic heterocycles. The first-order valence-corrected chi connectivity index (χ1v) is 8.30. The van der Waals surface area contributed by atoms with Crippen molar-refractivity contribution in [2.24, 2.45) is 0 Å². The molecule has 2 heterocycles. The second-order valence-corrected chi connectivity index (χ2v) is 5.91. The van der Waals surface area contributed by atoms with Gasteiger partial charge in [0.1, 0.15) is 5.82 Å². The molecule has 23 heavy (non-hydrogen) atoms. The molecule has 0 bridgehead atoms. The highest BCUT2D eigenvalue weighted by atomic mass is 16.5. The van der Waals surface area contributed by atoms with Crippen molar-refractivity contribution in [1.29, 1.82) is 0 Å². The Bertz CT molecular complexity index is 636. The fourth-order valence-electron chi connectivity index (χ4n) is 2.69. The van der Waals surface area contributed by atoms with Crippen LogP contribution in [0.3, 0.4) is 0 Å². The first kappa shape index (κ1) is 15.7. The zero-order valence-electron chi connectivity index (χ0n) is 13.8. The number of nitrogens with zero attached hydrogens (tertiary/aromatic N) is 2. The van der Waals surface area contributed by atoms with Crippen LogP contribution in [-0.4, -0.2) is 29.2 Å². The summed E-state index contributed by atoms with van der Waals surface area (Å²) in [6, 6.07) is 10.4. The maximum absolute atomic E-state index is 5.62. The molecule has 1 fully saturated rings. The van der Waals surface area contributed by atoms with Crippen LogP contribution in [0.4, 0.5) is 17.5 Å². The fraction of sp³-hybridized carbons (Fsp3) is 0.444. The van der Waals surface area contributed by atoms with Crippen molar-refractivity contribution in [3.63, 3.8) is 0 Å². The predicted molar refractivity (Wildman–Crippen MR) is 93.3 cm³/mol. The van der Waals surface area contributed by atoms with Crippen molar-refractivity contribution in [1.82, 2.24) is 9.97 Å². The molecule has 1 unspecified atom stereocenters. The van der Waals surface area contributed by atoms with Crippen LogP contribution in [0.2, 0.25) is 0 Å². The lowest BCUT2D eigenvalue weighted by atomic mass is 10.1. The van der Waals surface area contributed by atoms with Gasteiger partial charge in [-0.05, 0) is 43.9 Å². The van der Waals surface area contributed by atoms with E-state index in [4.69, 9.17) is 4.74 Å². The van der Waals surface area contributed by atoms with Gasteiger partial charge in [0.25, 0.3) is 0 Å². The van der Waals surface area contributed by atoms with Crippen molar-refractivity contribution < 1.29 is 4.74 Å². The van der Waals surface area contributed by atoms with E-state index in [1.165, 1.54) is 5.56 Å². The summed E-state index contributed by atoms with van der Waals surface area (Å²) < 4.78 is 5.62. The maximum Gasteiger partial charge on any atom is 0.224 e. The van der Waals surface area contributed by atoms with Crippen LogP contribution in [0.15, 0.2) is 30.3 Å². The van der Waals surface area contributed by atoms with Crippen LogP contribution >= 0.6 is 0 Å². The van der Waals surface area contributed by atoms with Crippen LogP contribution in [-0.2, 0) is 11.2 Å². The quantitative estimate of drug-likeness (QED) is 0.852. The van der Waals surface area contributed by atoms with Crippen LogP contribution in [0.5, 0.6) is 0 Å². The Morgan fingerprint density at radius 2 is 2.04 bits per heavy atom. The summed E-state index contributed by atoms with van der Waals surface area (Å²) in [7, 11) is 0. The number of nitrogens with one attached hydrogen (secondary N) is 2. The van der Waals surface area contributed by atoms with E-state index < -0.39 is 0 Å². The molecule has 3 rings (SSSR count). The molecule has 0 spiro atoms. The molecule has 1 aliphatic heterocycles. The van der Waals surface area contributed by atoms with Crippen LogP contribution in [0.25, 0.3) is 0 Å².